The van der Waals surface area contributed by atoms with E-state index in [1.807, 2.05) is 0 Å². The number of nitrogens with zero attached hydrogens (tertiary/aromatic N) is 1. The zero-order chi connectivity index (χ0) is 37.7. The third-order valence-electron chi connectivity index (χ3n) is 17.9. The van der Waals surface area contributed by atoms with Gasteiger partial charge in [-0.05, 0) is 172 Å². The average Bonchev–Trinajstić information content (AvgIpc) is 3.45. The smallest absolute Gasteiger partial charge is 0.325 e. The quantitative estimate of drug-likeness (QED) is 0.190. The van der Waals surface area contributed by atoms with Crippen molar-refractivity contribution in [1.82, 2.24) is 10.2 Å². The zero-order valence-electron chi connectivity index (χ0n) is 33.5. The molecular formula is C44H69ClN2O4S. The van der Waals surface area contributed by atoms with Crippen molar-refractivity contribution in [3.63, 3.8) is 0 Å². The van der Waals surface area contributed by atoms with Crippen molar-refractivity contribution in [3.05, 3.63) is 35.5 Å². The number of fused-ring (bicyclic) bond motifs is 7. The molecule has 7 rings (SSSR count). The van der Waals surface area contributed by atoms with E-state index in [0.29, 0.717) is 42.4 Å². The van der Waals surface area contributed by atoms with E-state index in [1.165, 1.54) is 74.3 Å². The Kier molecular flexibility index (Phi) is 9.94. The topological polar surface area (TPSA) is 86.7 Å². The first-order valence-electron chi connectivity index (χ1n) is 20.9. The largest absolute Gasteiger partial charge is 0.480 e. The standard InChI is InChI=1S/C44H69ClN2O4S/c1-29(2)32-13-22-44(46-25-28-47-26-16-31(17-27-47)52(8,50)51)24-23-41(6)34(37(32)44)9-10-36-40(5)18-14-33(30-11-20-43(45,21-12-30)38(48)49)39(3,4)35(40)15-19-42(36,41)7/h11,14,31-32,34-37,46H,1,9-10,12-13,15-28H2,2-8H3,(H,48,49)/t32-,34+,35-,36+,37+,40-,41+,42+,43?,44-/m0/s1. The van der Waals surface area contributed by atoms with E-state index in [4.69, 9.17) is 11.6 Å². The Labute approximate surface area is 321 Å². The van der Waals surface area contributed by atoms with Crippen LogP contribution in [0.3, 0.4) is 0 Å². The summed E-state index contributed by atoms with van der Waals surface area (Å²) < 4.78 is 24.3. The van der Waals surface area contributed by atoms with Crippen LogP contribution in [0.5, 0.6) is 0 Å². The molecule has 2 N–H and O–H groups in total. The molecule has 52 heavy (non-hydrogen) atoms. The molecule has 4 saturated carbocycles. The highest BCUT2D eigenvalue weighted by molar-refractivity contribution is 7.91. The molecule has 1 aliphatic heterocycles. The minimum absolute atomic E-state index is 0.0374. The van der Waals surface area contributed by atoms with Crippen LogP contribution in [-0.4, -0.2) is 72.5 Å². The van der Waals surface area contributed by atoms with Gasteiger partial charge in [0.1, 0.15) is 14.7 Å². The van der Waals surface area contributed by atoms with Crippen LogP contribution in [0.1, 0.15) is 131 Å². The SMILES string of the molecule is C=C(C)[C@@H]1CC[C@]2(NCCN3CCC(S(C)(=O)=O)CC3)CC[C@]3(C)[C@H](CC[C@@H]4[C@@]5(C)CC=C(C6=CCC(Cl)(C(=O)O)CC6)C(C)(C)[C@@H]5CC[C@]43C)[C@@H]12. The first-order valence-corrected chi connectivity index (χ1v) is 23.2. The maximum Gasteiger partial charge on any atom is 0.325 e. The fraction of sp³-hybridized carbons (Fsp3) is 0.841. The number of hydrogen-bond donors (Lipinski definition) is 2. The molecule has 5 fully saturated rings. The molecule has 8 heteroatoms. The van der Waals surface area contributed by atoms with E-state index in [0.717, 1.165) is 51.9 Å². The van der Waals surface area contributed by atoms with Crippen molar-refractivity contribution in [2.24, 2.45) is 51.2 Å². The molecule has 0 spiro atoms. The van der Waals surface area contributed by atoms with Crippen LogP contribution >= 0.6 is 11.6 Å². The molecule has 0 aromatic rings. The highest BCUT2D eigenvalue weighted by Crippen LogP contribution is 2.76. The lowest BCUT2D eigenvalue weighted by atomic mass is 9.33. The van der Waals surface area contributed by atoms with Gasteiger partial charge in [0, 0.05) is 24.9 Å². The summed E-state index contributed by atoms with van der Waals surface area (Å²) in [4.78, 5) is 13.2. The van der Waals surface area contributed by atoms with E-state index >= 15 is 0 Å². The zero-order valence-corrected chi connectivity index (χ0v) is 35.0. The normalized spacial score (nSPS) is 45.1. The maximum atomic E-state index is 12.1. The number of alkyl halides is 1. The summed E-state index contributed by atoms with van der Waals surface area (Å²) in [6, 6.07) is 0. The van der Waals surface area contributed by atoms with E-state index in [2.05, 4.69) is 70.5 Å². The van der Waals surface area contributed by atoms with Gasteiger partial charge in [0.15, 0.2) is 0 Å². The number of sulfone groups is 1. The first kappa shape index (κ1) is 39.1. The van der Waals surface area contributed by atoms with Crippen LogP contribution in [0.15, 0.2) is 35.5 Å². The number of carboxylic acid groups (broad SMARTS) is 1. The minimum atomic E-state index is -2.95. The lowest BCUT2D eigenvalue weighted by Gasteiger charge is -2.72. The van der Waals surface area contributed by atoms with Crippen molar-refractivity contribution in [2.45, 2.75) is 147 Å². The fourth-order valence-electron chi connectivity index (χ4n) is 14.9. The van der Waals surface area contributed by atoms with Gasteiger partial charge in [-0.15, -0.1) is 11.6 Å². The van der Waals surface area contributed by atoms with E-state index in [1.54, 1.807) is 0 Å². The van der Waals surface area contributed by atoms with Crippen molar-refractivity contribution in [2.75, 3.05) is 32.4 Å². The van der Waals surface area contributed by atoms with Gasteiger partial charge in [0.25, 0.3) is 0 Å². The summed E-state index contributed by atoms with van der Waals surface area (Å²) in [5.41, 5.74) is 5.19. The number of piperidine rings is 1. The summed E-state index contributed by atoms with van der Waals surface area (Å²) in [6.45, 7) is 23.7. The Bertz CT molecular complexity index is 1630. The second-order valence-corrected chi connectivity index (χ2v) is 23.4. The van der Waals surface area contributed by atoms with Crippen LogP contribution in [-0.2, 0) is 14.6 Å². The van der Waals surface area contributed by atoms with Crippen molar-refractivity contribution >= 4 is 27.4 Å². The number of halogens is 1. The van der Waals surface area contributed by atoms with Crippen molar-refractivity contribution < 1.29 is 18.3 Å². The molecular weight excluding hydrogens is 688 g/mol. The van der Waals surface area contributed by atoms with Gasteiger partial charge in [-0.3, -0.25) is 4.79 Å². The molecule has 6 aliphatic carbocycles. The molecule has 0 aromatic heterocycles. The number of carbonyl (C=O) groups is 1. The van der Waals surface area contributed by atoms with E-state index < -0.39 is 20.7 Å². The second kappa shape index (κ2) is 13.2. The van der Waals surface area contributed by atoms with Crippen LogP contribution in [0.25, 0.3) is 0 Å². The summed E-state index contributed by atoms with van der Waals surface area (Å²) >= 11 is 6.53. The molecule has 1 heterocycles. The van der Waals surface area contributed by atoms with Gasteiger partial charge in [-0.1, -0.05) is 58.9 Å². The monoisotopic (exact) mass is 756 g/mol. The average molecular weight is 758 g/mol. The highest BCUT2D eigenvalue weighted by atomic mass is 35.5. The van der Waals surface area contributed by atoms with E-state index in [-0.39, 0.29) is 32.4 Å². The number of allylic oxidation sites excluding steroid dienone is 5. The molecule has 292 valence electrons. The molecule has 0 radical (unpaired) electrons. The second-order valence-electron chi connectivity index (χ2n) is 20.4. The minimum Gasteiger partial charge on any atom is -0.480 e. The van der Waals surface area contributed by atoms with Gasteiger partial charge in [-0.25, -0.2) is 8.42 Å². The molecule has 0 bridgehead atoms. The van der Waals surface area contributed by atoms with Crippen molar-refractivity contribution in [1.29, 1.82) is 0 Å². The Morgan fingerprint density at radius 2 is 1.63 bits per heavy atom. The molecule has 0 aromatic carbocycles. The predicted octanol–water partition coefficient (Wildman–Crippen LogP) is 9.20. The maximum absolute atomic E-state index is 12.1. The molecule has 0 amide bonds. The lowest BCUT2D eigenvalue weighted by Crippen LogP contribution is -2.68. The summed E-state index contributed by atoms with van der Waals surface area (Å²) in [5.74, 6) is 2.27. The Hall–Kier alpha value is -1.15. The number of nitrogens with one attached hydrogen (secondary N) is 1. The number of aliphatic carboxylic acids is 1. The third kappa shape index (κ3) is 5.97. The van der Waals surface area contributed by atoms with Gasteiger partial charge in [-0.2, -0.15) is 0 Å². The van der Waals surface area contributed by atoms with Crippen molar-refractivity contribution in [3.8, 4) is 0 Å². The van der Waals surface area contributed by atoms with Gasteiger partial charge in [0.2, 0.25) is 0 Å². The van der Waals surface area contributed by atoms with E-state index in [9.17, 15) is 18.3 Å². The molecule has 10 atom stereocenters. The molecule has 6 nitrogen and oxygen atoms in total. The molecule has 1 unspecified atom stereocenters. The number of hydrogen-bond acceptors (Lipinski definition) is 5. The van der Waals surface area contributed by atoms with Gasteiger partial charge in [0.05, 0.1) is 5.25 Å². The number of rotatable bonds is 8. The predicted molar refractivity (Wildman–Crippen MR) is 213 cm³/mol. The first-order chi connectivity index (χ1) is 24.2. The summed E-state index contributed by atoms with van der Waals surface area (Å²) in [5, 5.41) is 13.8. The Balaban J connectivity index is 1.11. The fourth-order valence-corrected chi connectivity index (χ4v) is 16.1. The highest BCUT2D eigenvalue weighted by Gasteiger charge is 2.70. The van der Waals surface area contributed by atoms with Crippen LogP contribution in [0, 0.1) is 51.2 Å². The summed E-state index contributed by atoms with van der Waals surface area (Å²) in [6.07, 6.45) is 20.6. The summed E-state index contributed by atoms with van der Waals surface area (Å²) in [7, 11) is -2.95. The Morgan fingerprint density at radius 1 is 0.923 bits per heavy atom. The van der Waals surface area contributed by atoms with Crippen LogP contribution in [0.4, 0.5) is 0 Å². The van der Waals surface area contributed by atoms with Crippen LogP contribution < -0.4 is 5.32 Å². The van der Waals surface area contributed by atoms with Gasteiger partial charge >= 0.3 is 5.97 Å². The van der Waals surface area contributed by atoms with Gasteiger partial charge < -0.3 is 15.3 Å². The molecule has 1 saturated heterocycles. The third-order valence-corrected chi connectivity index (χ3v) is 20.1. The number of likely N-dealkylation sites (tertiary alicyclic amines) is 1. The number of carboxylic acids is 1. The Morgan fingerprint density at radius 3 is 2.25 bits per heavy atom. The molecule has 7 aliphatic rings. The van der Waals surface area contributed by atoms with Crippen LogP contribution in [0.2, 0.25) is 0 Å². The lowest BCUT2D eigenvalue weighted by molar-refractivity contribution is -0.221.